The zero-order chi connectivity index (χ0) is 21.3. The summed E-state index contributed by atoms with van der Waals surface area (Å²) in [7, 11) is 0. The molecule has 0 atom stereocenters. The lowest BCUT2D eigenvalue weighted by atomic mass is 10.0. The molecule has 1 N–H and O–H groups in total. The van der Waals surface area contributed by atoms with Crippen LogP contribution in [-0.2, 0) is 14.3 Å². The average molecular weight is 420 g/mol. The van der Waals surface area contributed by atoms with Gasteiger partial charge in [0, 0.05) is 22.2 Å². The second-order valence-corrected chi connectivity index (χ2v) is 6.72. The third-order valence-corrected chi connectivity index (χ3v) is 4.33. The van der Waals surface area contributed by atoms with Gasteiger partial charge in [0.2, 0.25) is 0 Å². The van der Waals surface area contributed by atoms with E-state index in [-0.39, 0.29) is 17.0 Å². The van der Waals surface area contributed by atoms with Gasteiger partial charge in [0.05, 0.1) is 5.69 Å². The Kier molecular flexibility index (Phi) is 7.14. The lowest BCUT2D eigenvalue weighted by molar-refractivity contribution is -0.142. The summed E-state index contributed by atoms with van der Waals surface area (Å²) in [5.74, 6) is -1.50. The first-order chi connectivity index (χ1) is 14.5. The van der Waals surface area contributed by atoms with E-state index < -0.39 is 18.5 Å². The van der Waals surface area contributed by atoms with Crippen molar-refractivity contribution in [1.82, 2.24) is 0 Å². The van der Waals surface area contributed by atoms with Gasteiger partial charge in [-0.25, -0.2) is 4.79 Å². The molecule has 3 rings (SSSR count). The van der Waals surface area contributed by atoms with Crippen LogP contribution in [0, 0.1) is 0 Å². The summed E-state index contributed by atoms with van der Waals surface area (Å²) in [4.78, 5) is 36.8. The van der Waals surface area contributed by atoms with E-state index in [0.29, 0.717) is 10.6 Å². The molecule has 0 saturated carbocycles. The highest BCUT2D eigenvalue weighted by Gasteiger charge is 2.16. The van der Waals surface area contributed by atoms with Gasteiger partial charge in [0.1, 0.15) is 0 Å². The van der Waals surface area contributed by atoms with Crippen LogP contribution in [0.1, 0.15) is 21.5 Å². The van der Waals surface area contributed by atoms with E-state index in [2.05, 4.69) is 5.32 Å². The molecule has 0 bridgehead atoms. The third kappa shape index (κ3) is 5.90. The van der Waals surface area contributed by atoms with E-state index in [0.717, 1.165) is 5.56 Å². The second-order valence-electron chi connectivity index (χ2n) is 6.28. The van der Waals surface area contributed by atoms with Gasteiger partial charge in [0.15, 0.2) is 12.4 Å². The normalized spacial score (nSPS) is 10.6. The Hall–Kier alpha value is -3.70. The van der Waals surface area contributed by atoms with Crippen molar-refractivity contribution in [3.8, 4) is 0 Å². The Labute approximate surface area is 178 Å². The Morgan fingerprint density at radius 3 is 2.27 bits per heavy atom. The highest BCUT2D eigenvalue weighted by molar-refractivity contribution is 6.31. The van der Waals surface area contributed by atoms with Gasteiger partial charge in [-0.05, 0) is 29.8 Å². The van der Waals surface area contributed by atoms with Crippen molar-refractivity contribution < 1.29 is 19.1 Å². The van der Waals surface area contributed by atoms with Crippen LogP contribution in [0.25, 0.3) is 6.08 Å². The first-order valence-electron chi connectivity index (χ1n) is 9.12. The zero-order valence-corrected chi connectivity index (χ0v) is 16.6. The summed E-state index contributed by atoms with van der Waals surface area (Å²) in [6.45, 7) is -0.487. The van der Waals surface area contributed by atoms with Crippen molar-refractivity contribution in [3.63, 3.8) is 0 Å². The van der Waals surface area contributed by atoms with E-state index >= 15 is 0 Å². The molecular formula is C24H18ClNO4. The molecule has 0 fully saturated rings. The van der Waals surface area contributed by atoms with Gasteiger partial charge in [-0.15, -0.1) is 0 Å². The van der Waals surface area contributed by atoms with Crippen LogP contribution in [0.5, 0.6) is 0 Å². The molecule has 0 aliphatic carbocycles. The van der Waals surface area contributed by atoms with Crippen molar-refractivity contribution >= 4 is 41.0 Å². The van der Waals surface area contributed by atoms with Gasteiger partial charge in [0.25, 0.3) is 5.91 Å². The molecule has 0 heterocycles. The number of hydrogen-bond donors (Lipinski definition) is 1. The quantitative estimate of drug-likeness (QED) is 0.340. The van der Waals surface area contributed by atoms with Gasteiger partial charge >= 0.3 is 5.97 Å². The number of carbonyl (C=O) groups is 3. The fourth-order valence-corrected chi connectivity index (χ4v) is 2.83. The topological polar surface area (TPSA) is 72.5 Å². The van der Waals surface area contributed by atoms with E-state index in [1.165, 1.54) is 18.2 Å². The van der Waals surface area contributed by atoms with Crippen LogP contribution in [0.3, 0.4) is 0 Å². The SMILES string of the molecule is O=C(COC(=O)C=Cc1ccccc1)Nc1ccc(Cl)cc1C(=O)c1ccccc1. The number of anilines is 1. The number of hydrogen-bond acceptors (Lipinski definition) is 4. The molecule has 1 amide bonds. The summed E-state index contributed by atoms with van der Waals surface area (Å²) < 4.78 is 4.96. The molecule has 0 radical (unpaired) electrons. The molecule has 3 aromatic carbocycles. The maximum Gasteiger partial charge on any atom is 0.331 e. The fourth-order valence-electron chi connectivity index (χ4n) is 2.66. The number of ether oxygens (including phenoxy) is 1. The van der Waals surface area contributed by atoms with Crippen LogP contribution in [0.15, 0.2) is 84.9 Å². The first kappa shape index (κ1) is 21.0. The molecule has 3 aromatic rings. The predicted octanol–water partition coefficient (Wildman–Crippen LogP) is 4.77. The highest BCUT2D eigenvalue weighted by Crippen LogP contribution is 2.23. The summed E-state index contributed by atoms with van der Waals surface area (Å²) in [6, 6.07) is 22.5. The number of rotatable bonds is 7. The zero-order valence-electron chi connectivity index (χ0n) is 15.9. The third-order valence-electron chi connectivity index (χ3n) is 4.09. The molecule has 0 aliphatic rings. The van der Waals surface area contributed by atoms with Crippen molar-refractivity contribution in [2.45, 2.75) is 0 Å². The lowest BCUT2D eigenvalue weighted by Gasteiger charge is -2.11. The predicted molar refractivity (Wildman–Crippen MR) is 116 cm³/mol. The van der Waals surface area contributed by atoms with Crippen LogP contribution < -0.4 is 5.32 Å². The lowest BCUT2D eigenvalue weighted by Crippen LogP contribution is -2.21. The van der Waals surface area contributed by atoms with E-state index in [1.807, 2.05) is 30.3 Å². The van der Waals surface area contributed by atoms with E-state index in [1.54, 1.807) is 42.5 Å². The van der Waals surface area contributed by atoms with Gasteiger partial charge in [-0.2, -0.15) is 0 Å². The van der Waals surface area contributed by atoms with E-state index in [9.17, 15) is 14.4 Å². The minimum absolute atomic E-state index is 0.248. The Morgan fingerprint density at radius 2 is 1.57 bits per heavy atom. The monoisotopic (exact) mass is 419 g/mol. The second kappa shape index (κ2) is 10.2. The fraction of sp³-hybridized carbons (Fsp3) is 0.0417. The van der Waals surface area contributed by atoms with Crippen LogP contribution in [0.2, 0.25) is 5.02 Å². The molecular weight excluding hydrogens is 402 g/mol. The Morgan fingerprint density at radius 1 is 0.900 bits per heavy atom. The number of ketones is 1. The summed E-state index contributed by atoms with van der Waals surface area (Å²) >= 11 is 6.03. The number of carbonyl (C=O) groups excluding carboxylic acids is 3. The van der Waals surface area contributed by atoms with Gasteiger partial charge < -0.3 is 10.1 Å². The first-order valence-corrected chi connectivity index (χ1v) is 9.50. The van der Waals surface area contributed by atoms with Crippen molar-refractivity contribution in [1.29, 1.82) is 0 Å². The van der Waals surface area contributed by atoms with E-state index in [4.69, 9.17) is 16.3 Å². The molecule has 6 heteroatoms. The van der Waals surface area contributed by atoms with Gasteiger partial charge in [-0.3, -0.25) is 9.59 Å². The molecule has 0 saturated heterocycles. The van der Waals surface area contributed by atoms with Crippen LogP contribution in [0.4, 0.5) is 5.69 Å². The molecule has 30 heavy (non-hydrogen) atoms. The molecule has 0 aliphatic heterocycles. The average Bonchev–Trinajstić information content (AvgIpc) is 2.78. The number of amides is 1. The minimum atomic E-state index is -0.648. The summed E-state index contributed by atoms with van der Waals surface area (Å²) in [6.07, 6.45) is 2.84. The minimum Gasteiger partial charge on any atom is -0.452 e. The van der Waals surface area contributed by atoms with Crippen molar-refractivity contribution in [3.05, 3.63) is 107 Å². The summed E-state index contributed by atoms with van der Waals surface area (Å²) in [5.41, 5.74) is 1.84. The molecule has 0 spiro atoms. The standard InChI is InChI=1S/C24H18ClNO4/c25-19-12-13-21(20(15-19)24(29)18-9-5-2-6-10-18)26-22(27)16-30-23(28)14-11-17-7-3-1-4-8-17/h1-15H,16H2,(H,26,27). The smallest absolute Gasteiger partial charge is 0.331 e. The number of halogens is 1. The van der Waals surface area contributed by atoms with Gasteiger partial charge in [-0.1, -0.05) is 72.3 Å². The van der Waals surface area contributed by atoms with Crippen LogP contribution >= 0.6 is 11.6 Å². The van der Waals surface area contributed by atoms with Crippen LogP contribution in [-0.4, -0.2) is 24.3 Å². The maximum absolute atomic E-state index is 12.8. The number of esters is 1. The molecule has 0 unspecified atom stereocenters. The van der Waals surface area contributed by atoms with Crippen molar-refractivity contribution in [2.24, 2.45) is 0 Å². The highest BCUT2D eigenvalue weighted by atomic mass is 35.5. The van der Waals surface area contributed by atoms with Crippen molar-refractivity contribution in [2.75, 3.05) is 11.9 Å². The summed E-state index contributed by atoms with van der Waals surface area (Å²) in [5, 5.41) is 2.96. The number of nitrogens with one attached hydrogen (secondary N) is 1. The Bertz CT molecular complexity index is 1080. The molecule has 150 valence electrons. The largest absolute Gasteiger partial charge is 0.452 e. The number of benzene rings is 3. The maximum atomic E-state index is 12.8. The molecule has 0 aromatic heterocycles. The Balaban J connectivity index is 1.63. The molecule has 5 nitrogen and oxygen atoms in total.